The maximum Gasteiger partial charge on any atom is 0.240 e. The molecule has 0 aliphatic carbocycles. The summed E-state index contributed by atoms with van der Waals surface area (Å²) in [7, 11) is 0. The van der Waals surface area contributed by atoms with Gasteiger partial charge in [0.2, 0.25) is 11.8 Å². The Labute approximate surface area is 93.4 Å². The van der Waals surface area contributed by atoms with Gasteiger partial charge in [0.05, 0.1) is 18.7 Å². The van der Waals surface area contributed by atoms with E-state index >= 15 is 0 Å². The van der Waals surface area contributed by atoms with Crippen molar-refractivity contribution < 1.29 is 19.5 Å². The lowest BCUT2D eigenvalue weighted by atomic mass is 10.2. The second-order valence-corrected chi connectivity index (χ2v) is 3.48. The first-order valence-electron chi connectivity index (χ1n) is 4.84. The van der Waals surface area contributed by atoms with Gasteiger partial charge in [0.15, 0.2) is 0 Å². The summed E-state index contributed by atoms with van der Waals surface area (Å²) < 4.78 is 0. The molecule has 0 aromatic carbocycles. The van der Waals surface area contributed by atoms with Gasteiger partial charge in [0, 0.05) is 0 Å². The molecule has 92 valence electrons. The molecule has 7 nitrogen and oxygen atoms in total. The van der Waals surface area contributed by atoms with Crippen molar-refractivity contribution in [3.8, 4) is 0 Å². The third kappa shape index (κ3) is 5.42. The first kappa shape index (κ1) is 14.5. The monoisotopic (exact) mass is 231 g/mol. The van der Waals surface area contributed by atoms with Crippen molar-refractivity contribution in [2.45, 2.75) is 32.0 Å². The minimum atomic E-state index is -0.981. The Bertz CT molecular complexity index is 265. The van der Waals surface area contributed by atoms with Gasteiger partial charge in [-0.15, -0.1) is 0 Å². The Morgan fingerprint density at radius 2 is 2.00 bits per heavy atom. The second-order valence-electron chi connectivity index (χ2n) is 3.48. The molecule has 0 bridgehead atoms. The molecular formula is C9H17N3O4. The molecule has 0 heterocycles. The van der Waals surface area contributed by atoms with Gasteiger partial charge in [-0.3, -0.25) is 9.59 Å². The van der Waals surface area contributed by atoms with E-state index < -0.39 is 30.0 Å². The molecule has 0 aromatic rings. The number of carbonyl (C=O) groups excluding carboxylic acids is 3. The summed E-state index contributed by atoms with van der Waals surface area (Å²) in [5.74, 6) is -1.03. The molecule has 5 N–H and O–H groups in total. The molecule has 0 spiro atoms. The van der Waals surface area contributed by atoms with E-state index in [0.29, 0.717) is 6.29 Å². The van der Waals surface area contributed by atoms with E-state index in [9.17, 15) is 14.4 Å². The predicted octanol–water partition coefficient (Wildman–Crippen LogP) is -2.49. The Hall–Kier alpha value is -1.47. The van der Waals surface area contributed by atoms with E-state index in [0.717, 1.165) is 0 Å². The average molecular weight is 231 g/mol. The number of nitrogens with two attached hydrogens (primary N) is 1. The van der Waals surface area contributed by atoms with Crippen LogP contribution in [0.1, 0.15) is 13.8 Å². The van der Waals surface area contributed by atoms with Crippen molar-refractivity contribution >= 4 is 18.1 Å². The topological polar surface area (TPSA) is 122 Å². The molecule has 2 amide bonds. The minimum absolute atomic E-state index is 0.280. The summed E-state index contributed by atoms with van der Waals surface area (Å²) in [5, 5.41) is 13.6. The molecule has 0 aliphatic heterocycles. The number of hydrogen-bond donors (Lipinski definition) is 4. The summed E-state index contributed by atoms with van der Waals surface area (Å²) in [6.45, 7) is 2.58. The van der Waals surface area contributed by atoms with Gasteiger partial charge >= 0.3 is 0 Å². The standard InChI is InChI=1S/C9H17N3O4/c1-5(10)9(16)11-3-8(15)12-7(4-13)6(2)14/h4-7,14H,3,10H2,1-2H3,(H,11,16)(H,12,15). The molecule has 7 heteroatoms. The largest absolute Gasteiger partial charge is 0.391 e. The minimum Gasteiger partial charge on any atom is -0.391 e. The first-order chi connectivity index (χ1) is 7.38. The fraction of sp³-hybridized carbons (Fsp3) is 0.667. The number of aldehydes is 1. The van der Waals surface area contributed by atoms with Crippen LogP contribution in [0.4, 0.5) is 0 Å². The van der Waals surface area contributed by atoms with Crippen LogP contribution in [0.2, 0.25) is 0 Å². The van der Waals surface area contributed by atoms with Crippen LogP contribution in [0.5, 0.6) is 0 Å². The van der Waals surface area contributed by atoms with Gasteiger partial charge in [-0.25, -0.2) is 0 Å². The van der Waals surface area contributed by atoms with Crippen molar-refractivity contribution in [1.82, 2.24) is 10.6 Å². The van der Waals surface area contributed by atoms with Gasteiger partial charge < -0.3 is 26.3 Å². The van der Waals surface area contributed by atoms with Gasteiger partial charge in [-0.1, -0.05) is 0 Å². The SMILES string of the molecule is CC(N)C(=O)NCC(=O)NC(C=O)C(C)O. The zero-order chi connectivity index (χ0) is 12.7. The summed E-state index contributed by atoms with van der Waals surface area (Å²) in [6, 6.07) is -1.67. The molecule has 0 fully saturated rings. The number of carbonyl (C=O) groups is 3. The van der Waals surface area contributed by atoms with Crippen LogP contribution in [-0.4, -0.2) is 47.9 Å². The van der Waals surface area contributed by atoms with E-state index in [4.69, 9.17) is 10.8 Å². The summed E-state index contributed by atoms with van der Waals surface area (Å²) in [5.41, 5.74) is 5.26. The lowest BCUT2D eigenvalue weighted by molar-refractivity contribution is -0.128. The summed E-state index contributed by atoms with van der Waals surface area (Å²) >= 11 is 0. The quantitative estimate of drug-likeness (QED) is 0.377. The van der Waals surface area contributed by atoms with Crippen LogP contribution in [-0.2, 0) is 14.4 Å². The molecule has 3 atom stereocenters. The van der Waals surface area contributed by atoms with E-state index in [-0.39, 0.29) is 6.54 Å². The maximum absolute atomic E-state index is 11.2. The van der Waals surface area contributed by atoms with Crippen molar-refractivity contribution in [3.63, 3.8) is 0 Å². The highest BCUT2D eigenvalue weighted by Crippen LogP contribution is 1.87. The predicted molar refractivity (Wildman–Crippen MR) is 56.3 cm³/mol. The highest BCUT2D eigenvalue weighted by molar-refractivity contribution is 5.88. The molecule has 0 aliphatic rings. The maximum atomic E-state index is 11.2. The molecule has 0 rings (SSSR count). The van der Waals surface area contributed by atoms with Crippen LogP contribution < -0.4 is 16.4 Å². The van der Waals surface area contributed by atoms with Crippen LogP contribution in [0.3, 0.4) is 0 Å². The van der Waals surface area contributed by atoms with Gasteiger partial charge in [0.25, 0.3) is 0 Å². The fourth-order valence-electron chi connectivity index (χ4n) is 0.834. The highest BCUT2D eigenvalue weighted by atomic mass is 16.3. The van der Waals surface area contributed by atoms with Crippen LogP contribution in [0.15, 0.2) is 0 Å². The van der Waals surface area contributed by atoms with Crippen molar-refractivity contribution in [3.05, 3.63) is 0 Å². The Morgan fingerprint density at radius 3 is 2.38 bits per heavy atom. The number of aliphatic hydroxyl groups is 1. The zero-order valence-electron chi connectivity index (χ0n) is 9.27. The highest BCUT2D eigenvalue weighted by Gasteiger charge is 2.17. The smallest absolute Gasteiger partial charge is 0.240 e. The Kier molecular flexibility index (Phi) is 6.28. The lowest BCUT2D eigenvalue weighted by Crippen LogP contribution is -2.49. The molecule has 3 unspecified atom stereocenters. The van der Waals surface area contributed by atoms with Crippen LogP contribution >= 0.6 is 0 Å². The zero-order valence-corrected chi connectivity index (χ0v) is 9.27. The molecule has 0 saturated carbocycles. The molecule has 0 aromatic heterocycles. The summed E-state index contributed by atoms with van der Waals surface area (Å²) in [4.78, 5) is 32.7. The number of rotatable bonds is 6. The van der Waals surface area contributed by atoms with Crippen LogP contribution in [0.25, 0.3) is 0 Å². The molecule has 0 saturated heterocycles. The number of hydrogen-bond acceptors (Lipinski definition) is 5. The van der Waals surface area contributed by atoms with Crippen molar-refractivity contribution in [1.29, 1.82) is 0 Å². The lowest BCUT2D eigenvalue weighted by Gasteiger charge is -2.15. The Morgan fingerprint density at radius 1 is 1.44 bits per heavy atom. The van der Waals surface area contributed by atoms with E-state index in [1.165, 1.54) is 13.8 Å². The summed E-state index contributed by atoms with van der Waals surface area (Å²) in [6.07, 6.45) is -0.554. The fourth-order valence-corrected chi connectivity index (χ4v) is 0.834. The van der Waals surface area contributed by atoms with Crippen molar-refractivity contribution in [2.24, 2.45) is 5.73 Å². The van der Waals surface area contributed by atoms with E-state index in [2.05, 4.69) is 10.6 Å². The first-order valence-corrected chi connectivity index (χ1v) is 4.84. The van der Waals surface area contributed by atoms with Crippen molar-refractivity contribution in [2.75, 3.05) is 6.54 Å². The van der Waals surface area contributed by atoms with E-state index in [1.807, 2.05) is 0 Å². The third-order valence-corrected chi connectivity index (χ3v) is 1.83. The molecule has 0 radical (unpaired) electrons. The molecular weight excluding hydrogens is 214 g/mol. The Balaban J connectivity index is 3.99. The number of nitrogens with one attached hydrogen (secondary N) is 2. The normalized spacial score (nSPS) is 15.8. The third-order valence-electron chi connectivity index (χ3n) is 1.83. The number of amides is 2. The second kappa shape index (κ2) is 6.91. The molecule has 16 heavy (non-hydrogen) atoms. The number of aliphatic hydroxyl groups excluding tert-OH is 1. The van der Waals surface area contributed by atoms with Gasteiger partial charge in [-0.2, -0.15) is 0 Å². The van der Waals surface area contributed by atoms with E-state index in [1.54, 1.807) is 0 Å². The van der Waals surface area contributed by atoms with Gasteiger partial charge in [-0.05, 0) is 13.8 Å². The average Bonchev–Trinajstić information content (AvgIpc) is 2.21. The van der Waals surface area contributed by atoms with Crippen LogP contribution in [0, 0.1) is 0 Å². The van der Waals surface area contributed by atoms with Gasteiger partial charge in [0.1, 0.15) is 12.3 Å².